The van der Waals surface area contributed by atoms with Gasteiger partial charge in [-0.05, 0) is 68.7 Å². The van der Waals surface area contributed by atoms with Gasteiger partial charge >= 0.3 is 6.03 Å². The van der Waals surface area contributed by atoms with E-state index in [2.05, 4.69) is 54.5 Å². The summed E-state index contributed by atoms with van der Waals surface area (Å²) < 4.78 is 5.65. The van der Waals surface area contributed by atoms with Gasteiger partial charge in [-0.1, -0.05) is 19.1 Å². The number of aryl methyl sites for hydroxylation is 2. The van der Waals surface area contributed by atoms with Gasteiger partial charge in [0.05, 0.1) is 6.54 Å². The topological polar surface area (TPSA) is 53.6 Å². The minimum atomic E-state index is -0.223. The van der Waals surface area contributed by atoms with E-state index in [9.17, 15) is 4.79 Å². The molecule has 0 bridgehead atoms. The predicted molar refractivity (Wildman–Crippen MR) is 113 cm³/mol. The van der Waals surface area contributed by atoms with Gasteiger partial charge in [-0.15, -0.1) is 0 Å². The molecule has 146 valence electrons. The van der Waals surface area contributed by atoms with E-state index >= 15 is 0 Å². The number of amides is 2. The second kappa shape index (κ2) is 10.5. The van der Waals surface area contributed by atoms with Gasteiger partial charge in [-0.25, -0.2) is 4.79 Å². The second-order valence-electron chi connectivity index (χ2n) is 6.40. The average Bonchev–Trinajstić information content (AvgIpc) is 2.68. The molecule has 5 nitrogen and oxygen atoms in total. The molecule has 2 aromatic rings. The van der Waals surface area contributed by atoms with Crippen molar-refractivity contribution in [3.63, 3.8) is 0 Å². The summed E-state index contributed by atoms with van der Waals surface area (Å²) in [6.45, 7) is 11.2. The second-order valence-corrected chi connectivity index (χ2v) is 6.40. The van der Waals surface area contributed by atoms with Crippen LogP contribution in [0.1, 0.15) is 31.9 Å². The van der Waals surface area contributed by atoms with Crippen molar-refractivity contribution >= 4 is 17.4 Å². The van der Waals surface area contributed by atoms with E-state index in [-0.39, 0.29) is 6.03 Å². The summed E-state index contributed by atoms with van der Waals surface area (Å²) >= 11 is 0. The Morgan fingerprint density at radius 3 is 2.33 bits per heavy atom. The molecule has 2 aromatic carbocycles. The van der Waals surface area contributed by atoms with Crippen molar-refractivity contribution in [2.75, 3.05) is 36.5 Å². The van der Waals surface area contributed by atoms with Crippen molar-refractivity contribution in [1.29, 1.82) is 0 Å². The number of carbonyl (C=O) groups is 1. The number of nitrogens with zero attached hydrogens (tertiary/aromatic N) is 1. The zero-order chi connectivity index (χ0) is 19.6. The first kappa shape index (κ1) is 20.6. The Morgan fingerprint density at radius 2 is 1.74 bits per heavy atom. The molecule has 0 fully saturated rings. The summed E-state index contributed by atoms with van der Waals surface area (Å²) in [5.41, 5.74) is 4.31. The van der Waals surface area contributed by atoms with Crippen LogP contribution in [0.2, 0.25) is 0 Å². The van der Waals surface area contributed by atoms with Crippen LogP contribution in [0.4, 0.5) is 16.2 Å². The lowest BCUT2D eigenvalue weighted by Crippen LogP contribution is -2.32. The van der Waals surface area contributed by atoms with Crippen LogP contribution in [0.15, 0.2) is 42.5 Å². The fraction of sp³-hybridized carbons (Fsp3) is 0.409. The average molecular weight is 370 g/mol. The Hall–Kier alpha value is -2.69. The normalized spacial score (nSPS) is 10.4. The highest BCUT2D eigenvalue weighted by atomic mass is 16.5. The summed E-state index contributed by atoms with van der Waals surface area (Å²) in [5, 5.41) is 5.73. The summed E-state index contributed by atoms with van der Waals surface area (Å²) in [4.78, 5) is 14.4. The van der Waals surface area contributed by atoms with Gasteiger partial charge in [0.1, 0.15) is 12.4 Å². The number of hydrogen-bond donors (Lipinski definition) is 2. The summed E-state index contributed by atoms with van der Waals surface area (Å²) in [6.07, 6.45) is 1.01. The molecular formula is C22H31N3O2. The summed E-state index contributed by atoms with van der Waals surface area (Å²) in [7, 11) is 0. The van der Waals surface area contributed by atoms with E-state index in [1.807, 2.05) is 31.2 Å². The molecule has 0 radical (unpaired) electrons. The number of hydrogen-bond acceptors (Lipinski definition) is 3. The molecule has 0 aliphatic rings. The van der Waals surface area contributed by atoms with Crippen LogP contribution >= 0.6 is 0 Å². The number of ether oxygens (including phenoxy) is 1. The molecule has 0 heterocycles. The smallest absolute Gasteiger partial charge is 0.319 e. The maximum atomic E-state index is 12.1. The molecule has 0 aromatic heterocycles. The third kappa shape index (κ3) is 6.20. The Morgan fingerprint density at radius 1 is 1.04 bits per heavy atom. The Kier molecular flexibility index (Phi) is 7.99. The molecule has 0 atom stereocenters. The van der Waals surface area contributed by atoms with Crippen molar-refractivity contribution in [2.24, 2.45) is 0 Å². The number of carbonyl (C=O) groups excluding carboxylic acids is 1. The van der Waals surface area contributed by atoms with Crippen LogP contribution in [-0.2, 0) is 6.42 Å². The number of nitrogens with one attached hydrogen (secondary N) is 2. The third-order valence-electron chi connectivity index (χ3n) is 4.57. The van der Waals surface area contributed by atoms with Gasteiger partial charge in [0, 0.05) is 24.5 Å². The highest BCUT2D eigenvalue weighted by molar-refractivity contribution is 5.90. The quantitative estimate of drug-likeness (QED) is 0.635. The number of urea groups is 1. The Balaban J connectivity index is 1.78. The van der Waals surface area contributed by atoms with Crippen molar-refractivity contribution in [2.45, 2.75) is 34.1 Å². The Labute approximate surface area is 162 Å². The molecule has 2 rings (SSSR count). The molecule has 0 spiro atoms. The number of benzene rings is 2. The fourth-order valence-electron chi connectivity index (χ4n) is 2.89. The first-order chi connectivity index (χ1) is 13.1. The van der Waals surface area contributed by atoms with Crippen LogP contribution in [0.3, 0.4) is 0 Å². The zero-order valence-electron chi connectivity index (χ0n) is 16.8. The standard InChI is InChI=1S/C22H31N3O2/c1-5-18-8-11-20(12-9-18)27-15-14-23-22(26)24-21-13-10-19(16-17(21)4)25(6-2)7-3/h8-13,16H,5-7,14-15H2,1-4H3,(H2,23,24,26). The molecule has 0 aliphatic carbocycles. The molecule has 0 aliphatic heterocycles. The molecule has 2 amide bonds. The largest absolute Gasteiger partial charge is 0.492 e. The zero-order valence-corrected chi connectivity index (χ0v) is 16.8. The maximum absolute atomic E-state index is 12.1. The highest BCUT2D eigenvalue weighted by Gasteiger charge is 2.07. The lowest BCUT2D eigenvalue weighted by atomic mass is 10.1. The van der Waals surface area contributed by atoms with E-state index in [1.54, 1.807) is 0 Å². The van der Waals surface area contributed by atoms with Gasteiger partial charge in [-0.3, -0.25) is 0 Å². The van der Waals surface area contributed by atoms with Crippen LogP contribution in [0.25, 0.3) is 0 Å². The van der Waals surface area contributed by atoms with E-state index in [0.717, 1.165) is 36.5 Å². The van der Waals surface area contributed by atoms with Gasteiger partial charge < -0.3 is 20.3 Å². The highest BCUT2D eigenvalue weighted by Crippen LogP contribution is 2.22. The van der Waals surface area contributed by atoms with E-state index in [1.165, 1.54) is 11.3 Å². The van der Waals surface area contributed by atoms with Crippen molar-refractivity contribution in [1.82, 2.24) is 5.32 Å². The lowest BCUT2D eigenvalue weighted by Gasteiger charge is -2.22. The molecular weight excluding hydrogens is 338 g/mol. The minimum absolute atomic E-state index is 0.223. The fourth-order valence-corrected chi connectivity index (χ4v) is 2.89. The van der Waals surface area contributed by atoms with Crippen molar-refractivity contribution in [3.8, 4) is 5.75 Å². The summed E-state index contributed by atoms with van der Waals surface area (Å²) in [5.74, 6) is 0.817. The van der Waals surface area contributed by atoms with E-state index < -0.39 is 0 Å². The van der Waals surface area contributed by atoms with Gasteiger partial charge in [0.25, 0.3) is 0 Å². The molecule has 0 saturated carbocycles. The van der Waals surface area contributed by atoms with Crippen LogP contribution in [0.5, 0.6) is 5.75 Å². The molecule has 2 N–H and O–H groups in total. The SMILES string of the molecule is CCc1ccc(OCCNC(=O)Nc2ccc(N(CC)CC)cc2C)cc1. The Bertz CT molecular complexity index is 725. The maximum Gasteiger partial charge on any atom is 0.319 e. The van der Waals surface area contributed by atoms with Crippen molar-refractivity contribution < 1.29 is 9.53 Å². The number of rotatable bonds is 9. The van der Waals surface area contributed by atoms with Gasteiger partial charge in [0.15, 0.2) is 0 Å². The monoisotopic (exact) mass is 369 g/mol. The van der Waals surface area contributed by atoms with E-state index in [4.69, 9.17) is 4.74 Å². The minimum Gasteiger partial charge on any atom is -0.492 e. The first-order valence-corrected chi connectivity index (χ1v) is 9.69. The molecule has 0 unspecified atom stereocenters. The predicted octanol–water partition coefficient (Wildman–Crippen LogP) is 4.60. The first-order valence-electron chi connectivity index (χ1n) is 9.69. The van der Waals surface area contributed by atoms with Crippen LogP contribution in [0, 0.1) is 6.92 Å². The van der Waals surface area contributed by atoms with Gasteiger partial charge in [0.2, 0.25) is 0 Å². The molecule has 5 heteroatoms. The van der Waals surface area contributed by atoms with Gasteiger partial charge in [-0.2, -0.15) is 0 Å². The van der Waals surface area contributed by atoms with Crippen LogP contribution < -0.4 is 20.3 Å². The summed E-state index contributed by atoms with van der Waals surface area (Å²) in [6, 6.07) is 13.9. The third-order valence-corrected chi connectivity index (χ3v) is 4.57. The van der Waals surface area contributed by atoms with E-state index in [0.29, 0.717) is 13.2 Å². The molecule has 27 heavy (non-hydrogen) atoms. The number of anilines is 2. The molecule has 0 saturated heterocycles. The lowest BCUT2D eigenvalue weighted by molar-refractivity contribution is 0.247. The van der Waals surface area contributed by atoms with Crippen LogP contribution in [-0.4, -0.2) is 32.3 Å². The van der Waals surface area contributed by atoms with Crippen molar-refractivity contribution in [3.05, 3.63) is 53.6 Å².